The second kappa shape index (κ2) is 5.44. The number of hydrogen-bond acceptors (Lipinski definition) is 3. The summed E-state index contributed by atoms with van der Waals surface area (Å²) < 4.78 is 5.99. The lowest BCUT2D eigenvalue weighted by Crippen LogP contribution is -1.92. The number of ether oxygens (including phenoxy) is 1. The second-order valence-electron chi connectivity index (χ2n) is 5.40. The average Bonchev–Trinajstić information content (AvgIpc) is 2.51. The molecule has 21 heavy (non-hydrogen) atoms. The number of nitrogen functional groups attached to an aromatic ring is 1. The van der Waals surface area contributed by atoms with Crippen molar-refractivity contribution in [3.05, 3.63) is 60.4 Å². The number of nitrogens with two attached hydrogens (primary N) is 1. The first-order valence-corrected chi connectivity index (χ1v) is 7.05. The number of nitrogens with zero attached hydrogens (tertiary/aromatic N) is 1. The first kappa shape index (κ1) is 13.4. The Bertz CT molecular complexity index is 764. The van der Waals surface area contributed by atoms with E-state index in [-0.39, 0.29) is 0 Å². The van der Waals surface area contributed by atoms with Crippen LogP contribution in [0.1, 0.15) is 25.3 Å². The van der Waals surface area contributed by atoms with E-state index in [2.05, 4.69) is 31.0 Å². The highest BCUT2D eigenvalue weighted by atomic mass is 16.5. The molecule has 0 unspecified atom stereocenters. The van der Waals surface area contributed by atoms with Crippen molar-refractivity contribution in [2.45, 2.75) is 19.8 Å². The maximum atomic E-state index is 5.99. The number of pyridine rings is 1. The third-order valence-corrected chi connectivity index (χ3v) is 3.59. The van der Waals surface area contributed by atoms with Gasteiger partial charge in [0.2, 0.25) is 0 Å². The van der Waals surface area contributed by atoms with Crippen LogP contribution in [-0.4, -0.2) is 4.98 Å². The van der Waals surface area contributed by atoms with Crippen LogP contribution < -0.4 is 10.5 Å². The molecule has 1 aromatic heterocycles. The van der Waals surface area contributed by atoms with Crippen molar-refractivity contribution in [2.75, 3.05) is 5.73 Å². The van der Waals surface area contributed by atoms with Crippen LogP contribution >= 0.6 is 0 Å². The van der Waals surface area contributed by atoms with E-state index in [1.54, 1.807) is 12.4 Å². The molecule has 3 nitrogen and oxygen atoms in total. The number of anilines is 1. The van der Waals surface area contributed by atoms with Crippen LogP contribution in [0.3, 0.4) is 0 Å². The summed E-state index contributed by atoms with van der Waals surface area (Å²) in [5.41, 5.74) is 8.02. The molecule has 0 amide bonds. The summed E-state index contributed by atoms with van der Waals surface area (Å²) in [5.74, 6) is 2.10. The number of benzene rings is 2. The van der Waals surface area contributed by atoms with E-state index in [0.717, 1.165) is 28.0 Å². The Morgan fingerprint density at radius 2 is 1.71 bits per heavy atom. The Morgan fingerprint density at radius 3 is 2.43 bits per heavy atom. The summed E-state index contributed by atoms with van der Waals surface area (Å²) >= 11 is 0. The Balaban J connectivity index is 1.96. The van der Waals surface area contributed by atoms with Crippen LogP contribution in [0.2, 0.25) is 0 Å². The Labute approximate surface area is 124 Å². The quantitative estimate of drug-likeness (QED) is 0.704. The molecule has 0 atom stereocenters. The molecule has 2 N–H and O–H groups in total. The van der Waals surface area contributed by atoms with Gasteiger partial charge in [-0.1, -0.05) is 26.0 Å². The zero-order valence-electron chi connectivity index (χ0n) is 12.2. The van der Waals surface area contributed by atoms with E-state index in [4.69, 9.17) is 10.5 Å². The van der Waals surface area contributed by atoms with Gasteiger partial charge in [-0.25, -0.2) is 0 Å². The lowest BCUT2D eigenvalue weighted by Gasteiger charge is -2.11. The zero-order chi connectivity index (χ0) is 14.8. The first-order chi connectivity index (χ1) is 10.1. The van der Waals surface area contributed by atoms with Gasteiger partial charge in [-0.15, -0.1) is 0 Å². The van der Waals surface area contributed by atoms with E-state index < -0.39 is 0 Å². The molecule has 0 spiro atoms. The summed E-state index contributed by atoms with van der Waals surface area (Å²) in [6, 6.07) is 13.8. The van der Waals surface area contributed by atoms with Gasteiger partial charge in [0.1, 0.15) is 11.5 Å². The molecule has 106 valence electrons. The molecule has 0 bridgehead atoms. The molecule has 0 aliphatic carbocycles. The molecular weight excluding hydrogens is 260 g/mol. The fourth-order valence-corrected chi connectivity index (χ4v) is 2.32. The third kappa shape index (κ3) is 2.68. The van der Waals surface area contributed by atoms with Gasteiger partial charge in [-0.05, 0) is 41.8 Å². The summed E-state index contributed by atoms with van der Waals surface area (Å²) in [5, 5.41) is 1.88. The fraction of sp³-hybridized carbons (Fsp3) is 0.167. The van der Waals surface area contributed by atoms with Gasteiger partial charge in [0.25, 0.3) is 0 Å². The molecule has 2 aromatic carbocycles. The van der Waals surface area contributed by atoms with Crippen molar-refractivity contribution in [1.29, 1.82) is 0 Å². The molecule has 0 saturated heterocycles. The van der Waals surface area contributed by atoms with Crippen molar-refractivity contribution in [1.82, 2.24) is 4.98 Å². The van der Waals surface area contributed by atoms with Gasteiger partial charge in [0, 0.05) is 28.9 Å². The van der Waals surface area contributed by atoms with Crippen molar-refractivity contribution >= 4 is 16.5 Å². The fourth-order valence-electron chi connectivity index (χ4n) is 2.32. The minimum Gasteiger partial charge on any atom is -0.457 e. The van der Waals surface area contributed by atoms with E-state index in [9.17, 15) is 0 Å². The SMILES string of the molecule is CC(C)c1ccc(Oc2ccc(N)c3ccncc23)cc1. The molecule has 0 saturated carbocycles. The molecule has 1 heterocycles. The van der Waals surface area contributed by atoms with Crippen molar-refractivity contribution in [3.63, 3.8) is 0 Å². The number of aromatic nitrogens is 1. The van der Waals surface area contributed by atoms with Gasteiger partial charge in [-0.3, -0.25) is 4.98 Å². The molecule has 0 aliphatic heterocycles. The molecule has 3 heteroatoms. The average molecular weight is 278 g/mol. The highest BCUT2D eigenvalue weighted by Crippen LogP contribution is 2.32. The zero-order valence-corrected chi connectivity index (χ0v) is 12.2. The largest absolute Gasteiger partial charge is 0.457 e. The van der Waals surface area contributed by atoms with Gasteiger partial charge in [0.05, 0.1) is 0 Å². The minimum atomic E-state index is 0.514. The standard InChI is InChI=1S/C18H18N2O/c1-12(2)13-3-5-14(6-4-13)21-18-8-7-17(19)15-9-10-20-11-16(15)18/h3-12H,19H2,1-2H3. The lowest BCUT2D eigenvalue weighted by atomic mass is 10.0. The van der Waals surface area contributed by atoms with Gasteiger partial charge >= 0.3 is 0 Å². The van der Waals surface area contributed by atoms with Crippen LogP contribution in [0.4, 0.5) is 5.69 Å². The molecule has 0 fully saturated rings. The second-order valence-corrected chi connectivity index (χ2v) is 5.40. The third-order valence-electron chi connectivity index (χ3n) is 3.59. The predicted octanol–water partition coefficient (Wildman–Crippen LogP) is 4.73. The summed E-state index contributed by atoms with van der Waals surface area (Å²) in [7, 11) is 0. The van der Waals surface area contributed by atoms with Gasteiger partial charge in [-0.2, -0.15) is 0 Å². The van der Waals surface area contributed by atoms with Gasteiger partial charge in [0.15, 0.2) is 0 Å². The lowest BCUT2D eigenvalue weighted by molar-refractivity contribution is 0.488. The normalized spacial score (nSPS) is 11.0. The topological polar surface area (TPSA) is 48.1 Å². The maximum absolute atomic E-state index is 5.99. The van der Waals surface area contributed by atoms with E-state index in [0.29, 0.717) is 5.92 Å². The van der Waals surface area contributed by atoms with Crippen molar-refractivity contribution < 1.29 is 4.74 Å². The van der Waals surface area contributed by atoms with Crippen molar-refractivity contribution in [3.8, 4) is 11.5 Å². The Morgan fingerprint density at radius 1 is 0.952 bits per heavy atom. The van der Waals surface area contributed by atoms with Gasteiger partial charge < -0.3 is 10.5 Å². The Hall–Kier alpha value is -2.55. The predicted molar refractivity (Wildman–Crippen MR) is 86.8 cm³/mol. The summed E-state index contributed by atoms with van der Waals surface area (Å²) in [6.45, 7) is 4.35. The van der Waals surface area contributed by atoms with Crippen LogP contribution in [0.15, 0.2) is 54.9 Å². The summed E-state index contributed by atoms with van der Waals surface area (Å²) in [6.07, 6.45) is 3.52. The highest BCUT2D eigenvalue weighted by Gasteiger charge is 2.07. The first-order valence-electron chi connectivity index (χ1n) is 7.05. The van der Waals surface area contributed by atoms with Crippen LogP contribution in [0, 0.1) is 0 Å². The van der Waals surface area contributed by atoms with Crippen LogP contribution in [-0.2, 0) is 0 Å². The van der Waals surface area contributed by atoms with Crippen LogP contribution in [0.25, 0.3) is 10.8 Å². The summed E-state index contributed by atoms with van der Waals surface area (Å²) in [4.78, 5) is 4.16. The van der Waals surface area contributed by atoms with Crippen LogP contribution in [0.5, 0.6) is 11.5 Å². The molecular formula is C18H18N2O. The molecule has 3 aromatic rings. The molecule has 3 rings (SSSR count). The molecule has 0 radical (unpaired) electrons. The molecule has 0 aliphatic rings. The van der Waals surface area contributed by atoms with Crippen molar-refractivity contribution in [2.24, 2.45) is 0 Å². The smallest absolute Gasteiger partial charge is 0.136 e. The van der Waals surface area contributed by atoms with E-state index in [1.807, 2.05) is 30.3 Å². The van der Waals surface area contributed by atoms with E-state index >= 15 is 0 Å². The maximum Gasteiger partial charge on any atom is 0.136 e. The monoisotopic (exact) mass is 278 g/mol. The number of fused-ring (bicyclic) bond motifs is 1. The minimum absolute atomic E-state index is 0.514. The number of rotatable bonds is 3. The number of hydrogen-bond donors (Lipinski definition) is 1. The highest BCUT2D eigenvalue weighted by molar-refractivity contribution is 5.96. The van der Waals surface area contributed by atoms with E-state index in [1.165, 1.54) is 5.56 Å². The Kier molecular flexibility index (Phi) is 3.48.